The van der Waals surface area contributed by atoms with Crippen molar-refractivity contribution in [2.24, 2.45) is 11.8 Å². The van der Waals surface area contributed by atoms with Gasteiger partial charge in [-0.2, -0.15) is 0 Å². The van der Waals surface area contributed by atoms with Gasteiger partial charge < -0.3 is 4.90 Å². The molecule has 47 heavy (non-hydrogen) atoms. The molecule has 5 aromatic rings. The zero-order chi connectivity index (χ0) is 34.0. The van der Waals surface area contributed by atoms with E-state index in [0.29, 0.717) is 11.8 Å². The van der Waals surface area contributed by atoms with Crippen LogP contribution in [0.4, 0.5) is 11.4 Å². The van der Waals surface area contributed by atoms with Gasteiger partial charge in [-0.05, 0) is 131 Å². The van der Waals surface area contributed by atoms with E-state index < -0.39 is 0 Å². The Labute approximate surface area is 284 Å². The summed E-state index contributed by atoms with van der Waals surface area (Å²) in [5.41, 5.74) is 17.7. The van der Waals surface area contributed by atoms with Gasteiger partial charge in [-0.1, -0.05) is 122 Å². The lowest BCUT2D eigenvalue weighted by Gasteiger charge is -2.41. The van der Waals surface area contributed by atoms with E-state index in [4.69, 9.17) is 0 Å². The van der Waals surface area contributed by atoms with E-state index in [0.717, 1.165) is 0 Å². The van der Waals surface area contributed by atoms with Crippen molar-refractivity contribution < 1.29 is 0 Å². The summed E-state index contributed by atoms with van der Waals surface area (Å²) in [7, 11) is 0. The number of aryl methyl sites for hydroxylation is 2. The van der Waals surface area contributed by atoms with Crippen LogP contribution in [0.25, 0.3) is 33.0 Å². The first-order valence-corrected chi connectivity index (χ1v) is 17.8. The maximum atomic E-state index is 2.61. The summed E-state index contributed by atoms with van der Waals surface area (Å²) in [6, 6.07) is 32.9. The van der Waals surface area contributed by atoms with Crippen molar-refractivity contribution in [3.63, 3.8) is 0 Å². The van der Waals surface area contributed by atoms with Crippen molar-refractivity contribution in [1.29, 1.82) is 0 Å². The average Bonchev–Trinajstić information content (AvgIpc) is 3.47. The van der Waals surface area contributed by atoms with Crippen molar-refractivity contribution in [2.45, 2.75) is 93.9 Å². The fourth-order valence-corrected chi connectivity index (χ4v) is 9.14. The molecule has 0 saturated heterocycles. The Balaban J connectivity index is 0.00000190. The standard InChI is InChI=1S/C44H47N.C2H6/c1-11-30(8)45(41-21-16-28(6)22-29(41)7)32-18-19-34-35-24-38-36(25-40(35)44(26(2)3,27(4)5)39(34)23-32)42-33-15-13-12-14-31(33)17-20-37(42)43(38,9)10;1-2/h11-27H,1-10H3;1-2H3/b30-11+;. The largest absolute Gasteiger partial charge is 0.315 e. The molecule has 0 saturated carbocycles. The third-order valence-corrected chi connectivity index (χ3v) is 11.3. The van der Waals surface area contributed by atoms with E-state index >= 15 is 0 Å². The highest BCUT2D eigenvalue weighted by Crippen LogP contribution is 2.61. The number of anilines is 2. The summed E-state index contributed by atoms with van der Waals surface area (Å²) in [6.07, 6.45) is 2.23. The smallest absolute Gasteiger partial charge is 0.0487 e. The molecule has 0 spiro atoms. The van der Waals surface area contributed by atoms with Crippen LogP contribution < -0.4 is 4.90 Å². The summed E-state index contributed by atoms with van der Waals surface area (Å²) >= 11 is 0. The number of hydrogen-bond acceptors (Lipinski definition) is 1. The lowest BCUT2D eigenvalue weighted by Crippen LogP contribution is -2.37. The number of hydrogen-bond donors (Lipinski definition) is 0. The predicted octanol–water partition coefficient (Wildman–Crippen LogP) is 13.4. The molecule has 242 valence electrons. The molecule has 0 radical (unpaired) electrons. The highest BCUT2D eigenvalue weighted by Gasteiger charge is 2.50. The average molecular weight is 620 g/mol. The van der Waals surface area contributed by atoms with Gasteiger partial charge in [0.25, 0.3) is 0 Å². The Morgan fingerprint density at radius 3 is 2.00 bits per heavy atom. The van der Waals surface area contributed by atoms with Gasteiger partial charge in [0.1, 0.15) is 0 Å². The van der Waals surface area contributed by atoms with E-state index in [1.165, 1.54) is 83.5 Å². The third-order valence-electron chi connectivity index (χ3n) is 11.3. The molecule has 0 bridgehead atoms. The highest BCUT2D eigenvalue weighted by molar-refractivity contribution is 6.03. The Kier molecular flexibility index (Phi) is 8.28. The lowest BCUT2D eigenvalue weighted by molar-refractivity contribution is 0.280. The lowest BCUT2D eigenvalue weighted by atomic mass is 9.62. The van der Waals surface area contributed by atoms with Gasteiger partial charge in [-0.3, -0.25) is 0 Å². The van der Waals surface area contributed by atoms with Crippen LogP contribution in [-0.4, -0.2) is 0 Å². The van der Waals surface area contributed by atoms with E-state index in [1.807, 2.05) is 13.8 Å². The van der Waals surface area contributed by atoms with Gasteiger partial charge in [0.2, 0.25) is 0 Å². The number of allylic oxidation sites excluding steroid dienone is 2. The molecule has 2 aliphatic rings. The first-order chi connectivity index (χ1) is 22.4. The van der Waals surface area contributed by atoms with Crippen molar-refractivity contribution in [3.05, 3.63) is 130 Å². The van der Waals surface area contributed by atoms with Gasteiger partial charge in [-0.15, -0.1) is 0 Å². The van der Waals surface area contributed by atoms with E-state index in [9.17, 15) is 0 Å². The number of nitrogens with zero attached hydrogens (tertiary/aromatic N) is 1. The molecule has 5 aromatic carbocycles. The zero-order valence-electron chi connectivity index (χ0n) is 30.8. The first kappa shape index (κ1) is 32.8. The Morgan fingerprint density at radius 2 is 1.34 bits per heavy atom. The van der Waals surface area contributed by atoms with E-state index in [2.05, 4.69) is 165 Å². The van der Waals surface area contributed by atoms with Gasteiger partial charge in [-0.25, -0.2) is 0 Å². The summed E-state index contributed by atoms with van der Waals surface area (Å²) < 4.78 is 0. The monoisotopic (exact) mass is 619 g/mol. The fraction of sp³-hybridized carbons (Fsp3) is 0.348. The van der Waals surface area contributed by atoms with Crippen molar-refractivity contribution in [3.8, 4) is 22.3 Å². The Bertz CT molecular complexity index is 2020. The van der Waals surface area contributed by atoms with Gasteiger partial charge in [0.15, 0.2) is 0 Å². The summed E-state index contributed by atoms with van der Waals surface area (Å²) in [6.45, 7) is 27.4. The number of rotatable bonds is 5. The molecule has 0 aromatic heterocycles. The summed E-state index contributed by atoms with van der Waals surface area (Å²) in [5.74, 6) is 0.842. The second kappa shape index (κ2) is 11.9. The Morgan fingerprint density at radius 1 is 0.681 bits per heavy atom. The van der Waals surface area contributed by atoms with Crippen LogP contribution in [-0.2, 0) is 10.8 Å². The number of benzene rings is 5. The maximum Gasteiger partial charge on any atom is 0.0487 e. The predicted molar refractivity (Wildman–Crippen MR) is 206 cm³/mol. The van der Waals surface area contributed by atoms with Gasteiger partial charge in [0, 0.05) is 27.9 Å². The van der Waals surface area contributed by atoms with Gasteiger partial charge >= 0.3 is 0 Å². The molecule has 0 fully saturated rings. The molecule has 1 heteroatoms. The third kappa shape index (κ3) is 4.64. The van der Waals surface area contributed by atoms with Crippen molar-refractivity contribution in [2.75, 3.05) is 4.90 Å². The molecule has 0 atom stereocenters. The molecule has 7 rings (SSSR count). The number of fused-ring (bicyclic) bond motifs is 8. The molecule has 0 aliphatic heterocycles. The molecule has 0 N–H and O–H groups in total. The van der Waals surface area contributed by atoms with Crippen LogP contribution in [0, 0.1) is 25.7 Å². The fourth-order valence-electron chi connectivity index (χ4n) is 9.14. The van der Waals surface area contributed by atoms with Crippen molar-refractivity contribution >= 4 is 22.1 Å². The Hall–Kier alpha value is -4.10. The minimum absolute atomic E-state index is 0.0620. The summed E-state index contributed by atoms with van der Waals surface area (Å²) in [5, 5.41) is 2.68. The second-order valence-electron chi connectivity index (χ2n) is 14.7. The zero-order valence-corrected chi connectivity index (χ0v) is 30.8. The van der Waals surface area contributed by atoms with Gasteiger partial charge in [0.05, 0.1) is 0 Å². The normalized spacial score (nSPS) is 15.2. The van der Waals surface area contributed by atoms with Crippen LogP contribution >= 0.6 is 0 Å². The minimum Gasteiger partial charge on any atom is -0.315 e. The molecular weight excluding hydrogens is 567 g/mol. The minimum atomic E-state index is -0.106. The molecule has 1 nitrogen and oxygen atoms in total. The maximum absolute atomic E-state index is 2.61. The quantitative estimate of drug-likeness (QED) is 0.189. The molecule has 0 heterocycles. The van der Waals surface area contributed by atoms with Crippen molar-refractivity contribution in [1.82, 2.24) is 0 Å². The van der Waals surface area contributed by atoms with E-state index in [1.54, 1.807) is 0 Å². The molecular formula is C46H53N. The highest BCUT2D eigenvalue weighted by atomic mass is 15.1. The second-order valence-corrected chi connectivity index (χ2v) is 14.7. The van der Waals surface area contributed by atoms with E-state index in [-0.39, 0.29) is 10.8 Å². The topological polar surface area (TPSA) is 3.24 Å². The molecule has 0 unspecified atom stereocenters. The SMILES string of the molecule is C/C=C(\C)N(c1ccc2c(c1)C(C(C)C)(C(C)C)c1cc3c(cc1-2)C(C)(C)c1ccc2ccccc2c1-3)c1ccc(C)cc1C.CC. The first-order valence-electron chi connectivity index (χ1n) is 17.8. The van der Waals surface area contributed by atoms with Crippen LogP contribution in [0.2, 0.25) is 0 Å². The van der Waals surface area contributed by atoms with Crippen LogP contribution in [0.5, 0.6) is 0 Å². The van der Waals surface area contributed by atoms with Crippen LogP contribution in [0.15, 0.2) is 96.7 Å². The van der Waals surface area contributed by atoms with Crippen LogP contribution in [0.1, 0.15) is 103 Å². The summed E-state index contributed by atoms with van der Waals surface area (Å²) in [4.78, 5) is 2.45. The molecule has 2 aliphatic carbocycles. The molecule has 0 amide bonds. The van der Waals surface area contributed by atoms with Crippen LogP contribution in [0.3, 0.4) is 0 Å².